The van der Waals surface area contributed by atoms with Crippen LogP contribution in [-0.2, 0) is 5.41 Å². The molecule has 0 amide bonds. The summed E-state index contributed by atoms with van der Waals surface area (Å²) in [6.07, 6.45) is 2.19. The smallest absolute Gasteiger partial charge is 0.138 e. The number of fused-ring (bicyclic) bond motifs is 1. The molecule has 1 aromatic rings. The Morgan fingerprint density at radius 3 is 2.60 bits per heavy atom. The molecule has 20 heavy (non-hydrogen) atoms. The number of methoxy groups -OCH3 is 2. The highest BCUT2D eigenvalue weighted by Gasteiger charge is 2.42. The first-order chi connectivity index (χ1) is 9.46. The van der Waals surface area contributed by atoms with Crippen LogP contribution in [0.25, 0.3) is 0 Å². The summed E-state index contributed by atoms with van der Waals surface area (Å²) in [4.78, 5) is 0. The predicted molar refractivity (Wildman–Crippen MR) is 85.9 cm³/mol. The van der Waals surface area contributed by atoms with Gasteiger partial charge in [-0.3, -0.25) is 0 Å². The van der Waals surface area contributed by atoms with Crippen LogP contribution in [0.1, 0.15) is 50.8 Å². The average Bonchev–Trinajstić information content (AvgIpc) is 2.67. The van der Waals surface area contributed by atoms with Crippen molar-refractivity contribution >= 4 is 15.9 Å². The highest BCUT2D eigenvalue weighted by Crippen LogP contribution is 2.54. The van der Waals surface area contributed by atoms with Crippen molar-refractivity contribution in [1.29, 1.82) is 0 Å². The topological polar surface area (TPSA) is 30.5 Å². The lowest BCUT2D eigenvalue weighted by Crippen LogP contribution is -2.22. The van der Waals surface area contributed by atoms with Gasteiger partial charge in [0.15, 0.2) is 0 Å². The van der Waals surface area contributed by atoms with Gasteiger partial charge in [0.2, 0.25) is 0 Å². The fourth-order valence-corrected chi connectivity index (χ4v) is 3.82. The van der Waals surface area contributed by atoms with Crippen LogP contribution in [0.4, 0.5) is 0 Å². The van der Waals surface area contributed by atoms with Gasteiger partial charge in [-0.2, -0.15) is 0 Å². The minimum Gasteiger partial charge on any atom is -0.496 e. The first-order valence-electron chi connectivity index (χ1n) is 7.14. The van der Waals surface area contributed by atoms with E-state index in [2.05, 4.69) is 42.0 Å². The highest BCUT2D eigenvalue weighted by atomic mass is 79.9. The number of halogens is 1. The quantitative estimate of drug-likeness (QED) is 0.870. The lowest BCUT2D eigenvalue weighted by Gasteiger charge is -2.22. The zero-order chi connectivity index (χ0) is 14.9. The molecule has 0 spiro atoms. The molecular weight excluding hydrogens is 318 g/mol. The zero-order valence-corrected chi connectivity index (χ0v) is 14.6. The molecule has 0 saturated carbocycles. The van der Waals surface area contributed by atoms with E-state index in [1.54, 1.807) is 14.2 Å². The summed E-state index contributed by atoms with van der Waals surface area (Å²) in [7, 11) is 3.46. The van der Waals surface area contributed by atoms with Crippen molar-refractivity contribution in [2.24, 2.45) is 0 Å². The van der Waals surface area contributed by atoms with Gasteiger partial charge < -0.3 is 14.8 Å². The minimum absolute atomic E-state index is 0.0834. The molecule has 0 heterocycles. The van der Waals surface area contributed by atoms with E-state index in [4.69, 9.17) is 9.47 Å². The van der Waals surface area contributed by atoms with Crippen molar-refractivity contribution in [3.05, 3.63) is 21.7 Å². The van der Waals surface area contributed by atoms with Crippen LogP contribution >= 0.6 is 15.9 Å². The largest absolute Gasteiger partial charge is 0.496 e. The molecule has 1 aliphatic rings. The summed E-state index contributed by atoms with van der Waals surface area (Å²) in [5.74, 6) is 1.87. The van der Waals surface area contributed by atoms with Crippen LogP contribution in [0.3, 0.4) is 0 Å². The molecule has 2 rings (SSSR count). The Hall–Kier alpha value is -0.740. The molecule has 4 heteroatoms. The maximum absolute atomic E-state index is 5.65. The Balaban J connectivity index is 2.60. The third-order valence-electron chi connectivity index (χ3n) is 4.04. The van der Waals surface area contributed by atoms with Crippen LogP contribution in [0.2, 0.25) is 0 Å². The van der Waals surface area contributed by atoms with E-state index in [-0.39, 0.29) is 5.41 Å². The Morgan fingerprint density at radius 2 is 2.05 bits per heavy atom. The van der Waals surface area contributed by atoms with E-state index >= 15 is 0 Å². The Bertz CT molecular complexity index is 500. The Morgan fingerprint density at radius 1 is 1.35 bits per heavy atom. The predicted octanol–water partition coefficient (Wildman–Crippen LogP) is 4.19. The van der Waals surface area contributed by atoms with Crippen molar-refractivity contribution in [1.82, 2.24) is 5.32 Å². The molecule has 0 aromatic heterocycles. The monoisotopic (exact) mass is 341 g/mol. The number of rotatable bonds is 5. The van der Waals surface area contributed by atoms with Gasteiger partial charge in [0.25, 0.3) is 0 Å². The summed E-state index contributed by atoms with van der Waals surface area (Å²) in [6.45, 7) is 7.75. The lowest BCUT2D eigenvalue weighted by atomic mass is 9.85. The maximum atomic E-state index is 5.65. The van der Waals surface area contributed by atoms with Gasteiger partial charge in [0, 0.05) is 17.2 Å². The first kappa shape index (κ1) is 15.6. The zero-order valence-electron chi connectivity index (χ0n) is 13.0. The van der Waals surface area contributed by atoms with E-state index in [9.17, 15) is 0 Å². The van der Waals surface area contributed by atoms with Crippen molar-refractivity contribution in [3.63, 3.8) is 0 Å². The summed E-state index contributed by atoms with van der Waals surface area (Å²) >= 11 is 3.60. The first-order valence-corrected chi connectivity index (χ1v) is 7.93. The normalized spacial score (nSPS) is 19.8. The molecule has 0 aliphatic heterocycles. The molecule has 0 bridgehead atoms. The van der Waals surface area contributed by atoms with Gasteiger partial charge in [-0.05, 0) is 46.8 Å². The SMILES string of the molecule is CCCNC1CC(C)(C)c2c(OC)cc(Br)c(OC)c21. The van der Waals surface area contributed by atoms with Crippen LogP contribution in [0.15, 0.2) is 10.5 Å². The van der Waals surface area contributed by atoms with Gasteiger partial charge in [-0.1, -0.05) is 20.8 Å². The van der Waals surface area contributed by atoms with Crippen LogP contribution in [0, 0.1) is 0 Å². The van der Waals surface area contributed by atoms with Gasteiger partial charge in [0.1, 0.15) is 11.5 Å². The van der Waals surface area contributed by atoms with Gasteiger partial charge in [-0.25, -0.2) is 0 Å². The average molecular weight is 342 g/mol. The molecule has 1 unspecified atom stereocenters. The summed E-state index contributed by atoms with van der Waals surface area (Å²) in [5.41, 5.74) is 2.60. The maximum Gasteiger partial charge on any atom is 0.138 e. The van der Waals surface area contributed by atoms with Crippen molar-refractivity contribution < 1.29 is 9.47 Å². The molecule has 3 nitrogen and oxygen atoms in total. The van der Waals surface area contributed by atoms with E-state index in [0.29, 0.717) is 6.04 Å². The third kappa shape index (κ3) is 2.56. The molecule has 1 atom stereocenters. The minimum atomic E-state index is 0.0834. The van der Waals surface area contributed by atoms with Crippen molar-refractivity contribution in [2.75, 3.05) is 20.8 Å². The molecule has 0 fully saturated rings. The summed E-state index contributed by atoms with van der Waals surface area (Å²) in [5, 5.41) is 3.64. The van der Waals surface area contributed by atoms with E-state index in [0.717, 1.165) is 35.4 Å². The third-order valence-corrected chi connectivity index (χ3v) is 4.63. The van der Waals surface area contributed by atoms with E-state index in [1.165, 1.54) is 11.1 Å². The van der Waals surface area contributed by atoms with Crippen molar-refractivity contribution in [2.45, 2.75) is 45.1 Å². The van der Waals surface area contributed by atoms with Gasteiger partial charge in [0.05, 0.1) is 18.7 Å². The summed E-state index contributed by atoms with van der Waals surface area (Å²) in [6, 6.07) is 2.34. The number of ether oxygens (including phenoxy) is 2. The fourth-order valence-electron chi connectivity index (χ4n) is 3.23. The van der Waals surface area contributed by atoms with Crippen molar-refractivity contribution in [3.8, 4) is 11.5 Å². The molecule has 112 valence electrons. The second-order valence-corrected chi connectivity index (χ2v) is 6.83. The second kappa shape index (κ2) is 5.94. The fraction of sp³-hybridized carbons (Fsp3) is 0.625. The standard InChI is InChI=1S/C16H24BrNO2/c1-6-7-18-11-9-16(2,3)14-12(19-4)8-10(17)15(20-5)13(11)14/h8,11,18H,6-7,9H2,1-5H3. The molecule has 1 N–H and O–H groups in total. The Kier molecular flexibility index (Phi) is 4.65. The van der Waals surface area contributed by atoms with E-state index < -0.39 is 0 Å². The number of hydrogen-bond donors (Lipinski definition) is 1. The van der Waals surface area contributed by atoms with E-state index in [1.807, 2.05) is 6.07 Å². The molecule has 1 aliphatic carbocycles. The van der Waals surface area contributed by atoms with Gasteiger partial charge in [-0.15, -0.1) is 0 Å². The number of hydrogen-bond acceptors (Lipinski definition) is 3. The van der Waals surface area contributed by atoms with Crippen LogP contribution < -0.4 is 14.8 Å². The van der Waals surface area contributed by atoms with Gasteiger partial charge >= 0.3 is 0 Å². The number of nitrogens with one attached hydrogen (secondary N) is 1. The second-order valence-electron chi connectivity index (χ2n) is 5.98. The highest BCUT2D eigenvalue weighted by molar-refractivity contribution is 9.10. The summed E-state index contributed by atoms with van der Waals surface area (Å²) < 4.78 is 12.2. The van der Waals surface area contributed by atoms with Crippen LogP contribution in [0.5, 0.6) is 11.5 Å². The molecular formula is C16H24BrNO2. The van der Waals surface area contributed by atoms with Crippen LogP contribution in [-0.4, -0.2) is 20.8 Å². The molecule has 0 radical (unpaired) electrons. The molecule has 1 aromatic carbocycles. The lowest BCUT2D eigenvalue weighted by molar-refractivity contribution is 0.386. The molecule has 0 saturated heterocycles. The Labute approximate surface area is 130 Å². The number of benzene rings is 1.